The number of rotatable bonds is 5. The molecule has 2 atom stereocenters. The van der Waals surface area contributed by atoms with Crippen molar-refractivity contribution < 1.29 is 4.79 Å². The van der Waals surface area contributed by atoms with Crippen LogP contribution in [0.2, 0.25) is 0 Å². The number of likely N-dealkylation sites (tertiary alicyclic amines) is 1. The fraction of sp³-hybridized carbons (Fsp3) is 0.923. The molecule has 0 radical (unpaired) electrons. The molecule has 1 aliphatic rings. The van der Waals surface area contributed by atoms with E-state index < -0.39 is 0 Å². The summed E-state index contributed by atoms with van der Waals surface area (Å²) in [6.45, 7) is 6.02. The van der Waals surface area contributed by atoms with Gasteiger partial charge in [0, 0.05) is 25.6 Å². The highest BCUT2D eigenvalue weighted by Gasteiger charge is 2.22. The molecule has 1 heterocycles. The van der Waals surface area contributed by atoms with Crippen molar-refractivity contribution in [3.63, 3.8) is 0 Å². The Morgan fingerprint density at radius 2 is 2.19 bits per heavy atom. The van der Waals surface area contributed by atoms with Gasteiger partial charge in [-0.05, 0) is 25.2 Å². The van der Waals surface area contributed by atoms with Crippen LogP contribution in [0.1, 0.15) is 52.4 Å². The van der Waals surface area contributed by atoms with Crippen LogP contribution in [0.25, 0.3) is 0 Å². The first-order valence-electron chi connectivity index (χ1n) is 6.70. The number of nitrogens with zero attached hydrogens (tertiary/aromatic N) is 1. The summed E-state index contributed by atoms with van der Waals surface area (Å²) in [6, 6.07) is 0.159. The Morgan fingerprint density at radius 1 is 1.44 bits per heavy atom. The molecule has 0 saturated carbocycles. The molecule has 2 N–H and O–H groups in total. The van der Waals surface area contributed by atoms with Gasteiger partial charge in [0.15, 0.2) is 0 Å². The lowest BCUT2D eigenvalue weighted by atomic mass is 9.98. The van der Waals surface area contributed by atoms with Crippen LogP contribution in [0.5, 0.6) is 0 Å². The molecule has 1 amide bonds. The van der Waals surface area contributed by atoms with Crippen molar-refractivity contribution in [3.05, 3.63) is 0 Å². The first-order chi connectivity index (χ1) is 7.67. The van der Waals surface area contributed by atoms with Crippen LogP contribution in [0.4, 0.5) is 0 Å². The molecule has 0 aliphatic carbocycles. The predicted octanol–water partition coefficient (Wildman–Crippen LogP) is 2.15. The highest BCUT2D eigenvalue weighted by atomic mass is 16.2. The minimum atomic E-state index is 0.159. The average Bonchev–Trinajstić information content (AvgIpc) is 2.43. The van der Waals surface area contributed by atoms with Crippen LogP contribution in [0.3, 0.4) is 0 Å². The number of carbonyl (C=O) groups is 1. The molecular weight excluding hydrogens is 200 g/mol. The maximum Gasteiger partial charge on any atom is 0.222 e. The summed E-state index contributed by atoms with van der Waals surface area (Å²) >= 11 is 0. The first kappa shape index (κ1) is 13.5. The fourth-order valence-electron chi connectivity index (χ4n) is 2.44. The van der Waals surface area contributed by atoms with Gasteiger partial charge >= 0.3 is 0 Å². The number of hydrogen-bond acceptors (Lipinski definition) is 2. The maximum atomic E-state index is 11.9. The minimum absolute atomic E-state index is 0.159. The van der Waals surface area contributed by atoms with Gasteiger partial charge in [0.25, 0.3) is 0 Å². The Labute approximate surface area is 99.4 Å². The molecule has 0 aromatic carbocycles. The van der Waals surface area contributed by atoms with Gasteiger partial charge in [0.05, 0.1) is 0 Å². The normalized spacial score (nSPS) is 24.3. The SMILES string of the molecule is CCCC(N)CN1CCC(CC)CCC1=O. The fourth-order valence-corrected chi connectivity index (χ4v) is 2.44. The van der Waals surface area contributed by atoms with E-state index in [1.165, 1.54) is 6.42 Å². The lowest BCUT2D eigenvalue weighted by Gasteiger charge is -2.24. The summed E-state index contributed by atoms with van der Waals surface area (Å²) in [5, 5.41) is 0. The summed E-state index contributed by atoms with van der Waals surface area (Å²) < 4.78 is 0. The molecule has 3 heteroatoms. The molecule has 2 unspecified atom stereocenters. The van der Waals surface area contributed by atoms with E-state index in [1.54, 1.807) is 0 Å². The van der Waals surface area contributed by atoms with Crippen LogP contribution in [-0.4, -0.2) is 29.9 Å². The van der Waals surface area contributed by atoms with Crippen molar-refractivity contribution in [1.29, 1.82) is 0 Å². The van der Waals surface area contributed by atoms with E-state index in [4.69, 9.17) is 5.73 Å². The lowest BCUT2D eigenvalue weighted by Crippen LogP contribution is -2.40. The maximum absolute atomic E-state index is 11.9. The molecule has 1 saturated heterocycles. The zero-order valence-electron chi connectivity index (χ0n) is 10.7. The Bertz CT molecular complexity index is 218. The van der Waals surface area contributed by atoms with Gasteiger partial charge < -0.3 is 10.6 Å². The van der Waals surface area contributed by atoms with Crippen molar-refractivity contribution in [1.82, 2.24) is 4.90 Å². The molecule has 16 heavy (non-hydrogen) atoms. The van der Waals surface area contributed by atoms with E-state index >= 15 is 0 Å². The number of hydrogen-bond donors (Lipinski definition) is 1. The van der Waals surface area contributed by atoms with E-state index in [2.05, 4.69) is 13.8 Å². The zero-order chi connectivity index (χ0) is 12.0. The van der Waals surface area contributed by atoms with Crippen molar-refractivity contribution in [2.45, 2.75) is 58.4 Å². The third-order valence-electron chi connectivity index (χ3n) is 3.62. The van der Waals surface area contributed by atoms with E-state index in [0.29, 0.717) is 5.91 Å². The zero-order valence-corrected chi connectivity index (χ0v) is 10.7. The highest BCUT2D eigenvalue weighted by Crippen LogP contribution is 2.21. The van der Waals surface area contributed by atoms with Gasteiger partial charge in [-0.1, -0.05) is 26.7 Å². The second-order valence-corrected chi connectivity index (χ2v) is 4.99. The quantitative estimate of drug-likeness (QED) is 0.781. The van der Waals surface area contributed by atoms with E-state index in [9.17, 15) is 4.79 Å². The molecule has 3 nitrogen and oxygen atoms in total. The topological polar surface area (TPSA) is 46.3 Å². The van der Waals surface area contributed by atoms with Gasteiger partial charge in [-0.2, -0.15) is 0 Å². The van der Waals surface area contributed by atoms with Crippen LogP contribution in [0, 0.1) is 5.92 Å². The number of amides is 1. The molecule has 0 aromatic heterocycles. The van der Waals surface area contributed by atoms with E-state index in [0.717, 1.165) is 51.1 Å². The van der Waals surface area contributed by atoms with Crippen LogP contribution in [0.15, 0.2) is 0 Å². The van der Waals surface area contributed by atoms with Gasteiger partial charge in [-0.3, -0.25) is 4.79 Å². The van der Waals surface area contributed by atoms with Crippen molar-refractivity contribution in [2.75, 3.05) is 13.1 Å². The monoisotopic (exact) mass is 226 g/mol. The van der Waals surface area contributed by atoms with Crippen LogP contribution < -0.4 is 5.73 Å². The van der Waals surface area contributed by atoms with Crippen molar-refractivity contribution >= 4 is 5.91 Å². The van der Waals surface area contributed by atoms with Crippen LogP contribution >= 0.6 is 0 Å². The summed E-state index contributed by atoms with van der Waals surface area (Å²) in [5.74, 6) is 1.04. The smallest absolute Gasteiger partial charge is 0.222 e. The second kappa shape index (κ2) is 6.89. The predicted molar refractivity (Wildman–Crippen MR) is 67.1 cm³/mol. The molecular formula is C13H26N2O. The molecule has 1 fully saturated rings. The Morgan fingerprint density at radius 3 is 2.81 bits per heavy atom. The highest BCUT2D eigenvalue weighted by molar-refractivity contribution is 5.76. The summed E-state index contributed by atoms with van der Waals surface area (Å²) in [6.07, 6.45) is 6.25. The number of carbonyl (C=O) groups excluding carboxylic acids is 1. The standard InChI is InChI=1S/C13H26N2O/c1-3-5-12(14)10-15-9-8-11(4-2)6-7-13(15)16/h11-12H,3-10,14H2,1-2H3. The summed E-state index contributed by atoms with van der Waals surface area (Å²) in [5.41, 5.74) is 6.00. The minimum Gasteiger partial charge on any atom is -0.341 e. The molecule has 0 aromatic rings. The summed E-state index contributed by atoms with van der Waals surface area (Å²) in [7, 11) is 0. The average molecular weight is 226 g/mol. The third kappa shape index (κ3) is 4.12. The second-order valence-electron chi connectivity index (χ2n) is 4.99. The van der Waals surface area contributed by atoms with Gasteiger partial charge in [-0.25, -0.2) is 0 Å². The van der Waals surface area contributed by atoms with E-state index in [1.807, 2.05) is 4.90 Å². The Balaban J connectivity index is 2.43. The van der Waals surface area contributed by atoms with Gasteiger partial charge in [-0.15, -0.1) is 0 Å². The van der Waals surface area contributed by atoms with E-state index in [-0.39, 0.29) is 6.04 Å². The molecule has 0 bridgehead atoms. The molecule has 0 spiro atoms. The molecule has 1 aliphatic heterocycles. The first-order valence-corrected chi connectivity index (χ1v) is 6.70. The molecule has 94 valence electrons. The van der Waals surface area contributed by atoms with Crippen molar-refractivity contribution in [2.24, 2.45) is 11.7 Å². The molecule has 1 rings (SSSR count). The van der Waals surface area contributed by atoms with Gasteiger partial charge in [0.2, 0.25) is 5.91 Å². The Hall–Kier alpha value is -0.570. The summed E-state index contributed by atoms with van der Waals surface area (Å²) in [4.78, 5) is 13.9. The number of nitrogens with two attached hydrogens (primary N) is 1. The third-order valence-corrected chi connectivity index (χ3v) is 3.62. The van der Waals surface area contributed by atoms with Crippen LogP contribution in [-0.2, 0) is 4.79 Å². The lowest BCUT2D eigenvalue weighted by molar-refractivity contribution is -0.130. The van der Waals surface area contributed by atoms with Crippen molar-refractivity contribution in [3.8, 4) is 0 Å². The van der Waals surface area contributed by atoms with Gasteiger partial charge in [0.1, 0.15) is 0 Å². The Kier molecular flexibility index (Phi) is 5.81. The largest absolute Gasteiger partial charge is 0.341 e.